The van der Waals surface area contributed by atoms with E-state index >= 15 is 4.39 Å². The zero-order chi connectivity index (χ0) is 32.3. The molecule has 0 bridgehead atoms. The Kier molecular flexibility index (Phi) is 8.38. The highest BCUT2D eigenvalue weighted by molar-refractivity contribution is 5.98. The van der Waals surface area contributed by atoms with Gasteiger partial charge in [0.15, 0.2) is 17.3 Å². The van der Waals surface area contributed by atoms with Gasteiger partial charge in [-0.25, -0.2) is 18.7 Å². The zero-order valence-electron chi connectivity index (χ0n) is 26.0. The van der Waals surface area contributed by atoms with Gasteiger partial charge >= 0.3 is 0 Å². The van der Waals surface area contributed by atoms with Crippen LogP contribution in [0.5, 0.6) is 0 Å². The molecule has 0 unspecified atom stereocenters. The average Bonchev–Trinajstić information content (AvgIpc) is 3.70. The number of aromatic amines is 2. The molecule has 3 aromatic carbocycles. The molecule has 9 nitrogen and oxygen atoms in total. The van der Waals surface area contributed by atoms with Crippen LogP contribution in [0.15, 0.2) is 91.4 Å². The topological polar surface area (TPSA) is 110 Å². The molecule has 4 heterocycles. The van der Waals surface area contributed by atoms with Gasteiger partial charge in [-0.15, -0.1) is 0 Å². The summed E-state index contributed by atoms with van der Waals surface area (Å²) in [4.78, 5) is 19.0. The molecule has 47 heavy (non-hydrogen) atoms. The Balaban J connectivity index is 1.19. The molecule has 0 aliphatic heterocycles. The lowest BCUT2D eigenvalue weighted by Crippen LogP contribution is -2.20. The number of benzene rings is 3. The van der Waals surface area contributed by atoms with Gasteiger partial charge < -0.3 is 20.5 Å². The summed E-state index contributed by atoms with van der Waals surface area (Å²) in [6, 6.07) is 22.2. The zero-order valence-corrected chi connectivity index (χ0v) is 26.0. The Morgan fingerprint density at radius 2 is 1.70 bits per heavy atom. The Bertz CT molecular complexity index is 2170. The highest BCUT2D eigenvalue weighted by atomic mass is 19.1. The minimum Gasteiger partial charge on any atom is -0.384 e. The molecule has 0 radical (unpaired) electrons. The molecule has 0 fully saturated rings. The van der Waals surface area contributed by atoms with Crippen LogP contribution in [0.3, 0.4) is 0 Å². The van der Waals surface area contributed by atoms with Crippen molar-refractivity contribution in [2.24, 2.45) is 0 Å². The van der Waals surface area contributed by atoms with Crippen molar-refractivity contribution in [3.63, 3.8) is 0 Å². The van der Waals surface area contributed by atoms with Crippen LogP contribution >= 0.6 is 0 Å². The van der Waals surface area contributed by atoms with Crippen molar-refractivity contribution in [2.45, 2.75) is 13.1 Å². The molecule has 0 aliphatic rings. The number of nitrogens with zero attached hydrogens (tertiary/aromatic N) is 5. The van der Waals surface area contributed by atoms with Crippen LogP contribution in [0.4, 0.5) is 14.5 Å². The smallest absolute Gasteiger partial charge is 0.178 e. The van der Waals surface area contributed by atoms with Gasteiger partial charge in [-0.2, -0.15) is 5.10 Å². The van der Waals surface area contributed by atoms with E-state index in [0.29, 0.717) is 58.0 Å². The van der Waals surface area contributed by atoms with Gasteiger partial charge in [-0.3, -0.25) is 10.1 Å². The van der Waals surface area contributed by atoms with Crippen molar-refractivity contribution < 1.29 is 8.78 Å². The van der Waals surface area contributed by atoms with Crippen molar-refractivity contribution in [1.29, 1.82) is 0 Å². The lowest BCUT2D eigenvalue weighted by Gasteiger charge is -2.13. The first-order valence-corrected chi connectivity index (χ1v) is 15.3. The molecule has 236 valence electrons. The SMILES string of the molecule is CN(C)CCNc1cc(F)cc(-c2ccnc3nc(-c4[nH]nc5c(F)cc(-c6cncc(CNCc7ccccc7)c6)cc45)[nH]c23)c1. The van der Waals surface area contributed by atoms with Gasteiger partial charge in [0.05, 0.1) is 5.52 Å². The number of hydrogen-bond donors (Lipinski definition) is 4. The van der Waals surface area contributed by atoms with E-state index in [4.69, 9.17) is 4.98 Å². The van der Waals surface area contributed by atoms with E-state index in [1.165, 1.54) is 23.8 Å². The summed E-state index contributed by atoms with van der Waals surface area (Å²) in [6.45, 7) is 2.83. The lowest BCUT2D eigenvalue weighted by atomic mass is 10.0. The molecule has 4 N–H and O–H groups in total. The molecule has 0 spiro atoms. The third-order valence-electron chi connectivity index (χ3n) is 7.97. The van der Waals surface area contributed by atoms with Crippen LogP contribution in [-0.2, 0) is 13.1 Å². The highest BCUT2D eigenvalue weighted by Crippen LogP contribution is 2.34. The summed E-state index contributed by atoms with van der Waals surface area (Å²) in [5.74, 6) is -0.374. The first-order chi connectivity index (χ1) is 22.9. The maximum atomic E-state index is 15.4. The molecule has 11 heteroatoms. The molecule has 0 saturated heterocycles. The van der Waals surface area contributed by atoms with E-state index in [1.54, 1.807) is 18.6 Å². The summed E-state index contributed by atoms with van der Waals surface area (Å²) in [5, 5.41) is 14.5. The monoisotopic (exact) mass is 629 g/mol. The fraction of sp³-hybridized carbons (Fsp3) is 0.167. The summed E-state index contributed by atoms with van der Waals surface area (Å²) in [7, 11) is 3.98. The van der Waals surface area contributed by atoms with Crippen LogP contribution in [0.25, 0.3) is 55.8 Å². The molecule has 0 saturated carbocycles. The molecule has 7 rings (SSSR count). The normalized spacial score (nSPS) is 11.6. The molecule has 7 aromatic rings. The number of rotatable bonds is 11. The molecular formula is C36H33F2N9. The third kappa shape index (κ3) is 6.57. The number of H-pyrrole nitrogens is 2. The maximum Gasteiger partial charge on any atom is 0.178 e. The largest absolute Gasteiger partial charge is 0.384 e. The van der Waals surface area contributed by atoms with Crippen molar-refractivity contribution in [1.82, 2.24) is 40.3 Å². The second-order valence-electron chi connectivity index (χ2n) is 11.7. The van der Waals surface area contributed by atoms with Gasteiger partial charge in [0, 0.05) is 67.0 Å². The molecule has 4 aromatic heterocycles. The van der Waals surface area contributed by atoms with E-state index in [9.17, 15) is 4.39 Å². The van der Waals surface area contributed by atoms with Crippen LogP contribution < -0.4 is 10.6 Å². The molecule has 0 amide bonds. The molecular weight excluding hydrogens is 596 g/mol. The number of pyridine rings is 2. The fourth-order valence-electron chi connectivity index (χ4n) is 5.65. The number of likely N-dealkylation sites (N-methyl/N-ethyl adjacent to an activating group) is 1. The standard InChI is InChI=1S/C36H33F2N9/c1-47(2)11-10-41-28-14-25(13-27(37)17-28)29-8-9-42-35-33(29)43-36(44-35)34-30-15-24(16-31(38)32(30)45-46-34)26-12-23(20-40-21-26)19-39-18-22-6-4-3-5-7-22/h3-9,12-17,20-21,39,41H,10-11,18-19H2,1-2H3,(H,45,46)(H,42,43,44). The Labute approximate surface area is 270 Å². The number of nitrogens with one attached hydrogen (secondary N) is 4. The summed E-state index contributed by atoms with van der Waals surface area (Å²) >= 11 is 0. The first-order valence-electron chi connectivity index (χ1n) is 15.3. The second-order valence-corrected chi connectivity index (χ2v) is 11.7. The van der Waals surface area contributed by atoms with Gasteiger partial charge in [-0.1, -0.05) is 30.3 Å². The minimum atomic E-state index is -0.461. The first kappa shape index (κ1) is 30.2. The van der Waals surface area contributed by atoms with Crippen LogP contribution in [0.1, 0.15) is 11.1 Å². The summed E-state index contributed by atoms with van der Waals surface area (Å²) in [6.07, 6.45) is 5.17. The van der Waals surface area contributed by atoms with Crippen LogP contribution in [-0.4, -0.2) is 62.2 Å². The summed E-state index contributed by atoms with van der Waals surface area (Å²) < 4.78 is 30.2. The lowest BCUT2D eigenvalue weighted by molar-refractivity contribution is 0.425. The van der Waals surface area contributed by atoms with Gasteiger partial charge in [0.2, 0.25) is 0 Å². The predicted molar refractivity (Wildman–Crippen MR) is 182 cm³/mol. The van der Waals surface area contributed by atoms with Crippen molar-refractivity contribution >= 4 is 27.8 Å². The molecule has 0 aliphatic carbocycles. The number of anilines is 1. The maximum absolute atomic E-state index is 15.4. The van der Waals surface area contributed by atoms with Gasteiger partial charge in [-0.05, 0) is 78.8 Å². The minimum absolute atomic E-state index is 0.199. The van der Waals surface area contributed by atoms with Crippen molar-refractivity contribution in [2.75, 3.05) is 32.5 Å². The van der Waals surface area contributed by atoms with E-state index in [-0.39, 0.29) is 11.3 Å². The fourth-order valence-corrected chi connectivity index (χ4v) is 5.65. The second kappa shape index (κ2) is 13.1. The quantitative estimate of drug-likeness (QED) is 0.125. The van der Waals surface area contributed by atoms with Crippen molar-refractivity contribution in [3.8, 4) is 33.8 Å². The Hall–Kier alpha value is -5.52. The molecule has 0 atom stereocenters. The van der Waals surface area contributed by atoms with E-state index < -0.39 is 5.82 Å². The van der Waals surface area contributed by atoms with Crippen LogP contribution in [0.2, 0.25) is 0 Å². The number of aromatic nitrogens is 6. The summed E-state index contributed by atoms with van der Waals surface area (Å²) in [5.41, 5.74) is 7.51. The van der Waals surface area contributed by atoms with E-state index in [2.05, 4.69) is 52.8 Å². The van der Waals surface area contributed by atoms with Gasteiger partial charge in [0.1, 0.15) is 17.0 Å². The van der Waals surface area contributed by atoms with Crippen LogP contribution in [0, 0.1) is 11.6 Å². The average molecular weight is 630 g/mol. The predicted octanol–water partition coefficient (Wildman–Crippen LogP) is 6.77. The van der Waals surface area contributed by atoms with E-state index in [0.717, 1.165) is 29.8 Å². The van der Waals surface area contributed by atoms with Gasteiger partial charge in [0.25, 0.3) is 0 Å². The van der Waals surface area contributed by atoms with Crippen molar-refractivity contribution in [3.05, 3.63) is 114 Å². The number of hydrogen-bond acceptors (Lipinski definition) is 7. The highest BCUT2D eigenvalue weighted by Gasteiger charge is 2.19. The Morgan fingerprint density at radius 3 is 2.55 bits per heavy atom. The Morgan fingerprint density at radius 1 is 0.851 bits per heavy atom. The number of fused-ring (bicyclic) bond motifs is 2. The van der Waals surface area contributed by atoms with E-state index in [1.807, 2.05) is 56.6 Å². The number of halogens is 2. The third-order valence-corrected chi connectivity index (χ3v) is 7.97. The number of imidazole rings is 1.